The van der Waals surface area contributed by atoms with Crippen LogP contribution < -0.4 is 5.32 Å². The second kappa shape index (κ2) is 32.8. The maximum absolute atomic E-state index is 13.1. The first-order valence-corrected chi connectivity index (χ1v) is 26.6. The van der Waals surface area contributed by atoms with Gasteiger partial charge in [0.15, 0.2) is 6.29 Å². The van der Waals surface area contributed by atoms with E-state index in [2.05, 4.69) is 19.2 Å². The lowest BCUT2D eigenvalue weighted by Gasteiger charge is -2.70. The first-order chi connectivity index (χ1) is 30.0. The van der Waals surface area contributed by atoms with E-state index in [1.165, 1.54) is 186 Å². The number of amides is 1. The monoisotopic (exact) mass is 882 g/mol. The molecule has 10 nitrogen and oxygen atoms in total. The van der Waals surface area contributed by atoms with E-state index in [1.807, 2.05) is 0 Å². The van der Waals surface area contributed by atoms with Gasteiger partial charge in [0.05, 0.1) is 25.4 Å². The van der Waals surface area contributed by atoms with Crippen molar-refractivity contribution >= 4 is 5.91 Å². The van der Waals surface area contributed by atoms with Gasteiger partial charge < -0.3 is 45.4 Å². The highest BCUT2D eigenvalue weighted by atomic mass is 16.7. The zero-order valence-electron chi connectivity index (χ0n) is 40.1. The maximum atomic E-state index is 13.1. The van der Waals surface area contributed by atoms with Crippen LogP contribution in [0, 0.1) is 10.8 Å². The Morgan fingerprint density at radius 3 is 1.47 bits per heavy atom. The molecule has 1 aliphatic heterocycles. The van der Waals surface area contributed by atoms with Crippen molar-refractivity contribution in [2.45, 2.75) is 300 Å². The molecule has 1 saturated heterocycles. The lowest BCUT2D eigenvalue weighted by Crippen LogP contribution is -2.60. The fourth-order valence-electron chi connectivity index (χ4n) is 11.2. The zero-order valence-corrected chi connectivity index (χ0v) is 40.1. The molecular weight excluding hydrogens is 783 g/mol. The van der Waals surface area contributed by atoms with E-state index < -0.39 is 55.6 Å². The summed E-state index contributed by atoms with van der Waals surface area (Å²) < 4.78 is 11.2. The number of carbonyl (C=O) groups is 1. The number of aliphatic hydroxyl groups excluding tert-OH is 6. The van der Waals surface area contributed by atoms with Gasteiger partial charge in [-0.15, -0.1) is 0 Å². The number of carbonyl (C=O) groups excluding carboxylic acids is 1. The van der Waals surface area contributed by atoms with E-state index in [1.54, 1.807) is 0 Å². The van der Waals surface area contributed by atoms with E-state index in [4.69, 9.17) is 9.47 Å². The number of ether oxygens (including phenoxy) is 2. The quantitative estimate of drug-likeness (QED) is 0.0295. The molecule has 0 aromatic rings. The predicted octanol–water partition coefficient (Wildman–Crippen LogP) is 10.5. The molecule has 5 unspecified atom stereocenters. The van der Waals surface area contributed by atoms with Crippen LogP contribution in [0.3, 0.4) is 0 Å². The Kier molecular flexibility index (Phi) is 29.3. The van der Waals surface area contributed by atoms with Gasteiger partial charge in [-0.2, -0.15) is 0 Å². The van der Waals surface area contributed by atoms with Crippen LogP contribution in [0.15, 0.2) is 0 Å². The highest BCUT2D eigenvalue weighted by molar-refractivity contribution is 5.76. The smallest absolute Gasteiger partial charge is 0.220 e. The summed E-state index contributed by atoms with van der Waals surface area (Å²) in [6.45, 7) is 3.82. The third-order valence-corrected chi connectivity index (χ3v) is 14.8. The van der Waals surface area contributed by atoms with Gasteiger partial charge >= 0.3 is 0 Å². The average molecular weight is 882 g/mol. The first kappa shape index (κ1) is 55.5. The number of rotatable bonds is 42. The van der Waals surface area contributed by atoms with Gasteiger partial charge in [0.1, 0.15) is 30.5 Å². The Labute approximate surface area is 379 Å². The standard InChI is InChI=1S/C52H99NO9/c1-3-4-5-6-7-8-9-19-22-25-28-31-34-43(55)46(57)42(38-61-50-49(60)48(59)47(58)44(37-54)62-50)53-45(56)35-32-29-26-23-20-17-15-13-11-10-12-14-16-18-21-24-27-30-33-36-52-39-51(2,40-52)41-52/h42-44,46-50,54-55,57-60H,3-41H2,1-2H3,(H,53,56)/t42-,43+,44?,46-,47?,48?,49?,50?,51?,52?/m0/s1. The minimum atomic E-state index is -1.60. The van der Waals surface area contributed by atoms with Crippen LogP contribution in [-0.2, 0) is 14.3 Å². The lowest BCUT2D eigenvalue weighted by molar-refractivity contribution is -0.303. The molecule has 2 bridgehead atoms. The summed E-state index contributed by atoms with van der Waals surface area (Å²) in [5.74, 6) is -0.251. The molecule has 0 aromatic heterocycles. The molecule has 0 aromatic carbocycles. The average Bonchev–Trinajstić information content (AvgIpc) is 3.24. The van der Waals surface area contributed by atoms with E-state index >= 15 is 0 Å². The summed E-state index contributed by atoms with van der Waals surface area (Å²) in [5, 5.41) is 65.3. The van der Waals surface area contributed by atoms with E-state index in [9.17, 15) is 35.4 Å². The Balaban J connectivity index is 1.19. The zero-order chi connectivity index (χ0) is 44.9. The van der Waals surface area contributed by atoms with Crippen LogP contribution >= 0.6 is 0 Å². The number of nitrogens with one attached hydrogen (secondary N) is 1. The molecule has 366 valence electrons. The summed E-state index contributed by atoms with van der Waals surface area (Å²) in [4.78, 5) is 13.1. The Morgan fingerprint density at radius 1 is 0.613 bits per heavy atom. The summed E-state index contributed by atoms with van der Waals surface area (Å²) >= 11 is 0. The van der Waals surface area contributed by atoms with E-state index in [0.717, 1.165) is 49.4 Å². The van der Waals surface area contributed by atoms with Crippen molar-refractivity contribution < 1.29 is 44.9 Å². The van der Waals surface area contributed by atoms with Crippen molar-refractivity contribution in [1.29, 1.82) is 0 Å². The topological polar surface area (TPSA) is 169 Å². The number of unbranched alkanes of at least 4 members (excludes halogenated alkanes) is 29. The molecule has 1 heterocycles. The molecule has 7 N–H and O–H groups in total. The Morgan fingerprint density at radius 2 is 1.03 bits per heavy atom. The van der Waals surface area contributed by atoms with Gasteiger partial charge in [0, 0.05) is 6.42 Å². The normalized spacial score (nSPS) is 27.1. The SMILES string of the molecule is CCCCCCCCCCCCCC[C@@H](O)[C@@H](O)[C@H](COC1OC(CO)C(O)C(O)C1O)NC(=O)CCCCCCCCCCCCCCCCCCCCCC12CC(C)(C1)C2. The molecule has 3 saturated carbocycles. The molecule has 4 rings (SSSR count). The second-order valence-electron chi connectivity index (χ2n) is 21.0. The van der Waals surface area contributed by atoms with Gasteiger partial charge in [0.25, 0.3) is 0 Å². The largest absolute Gasteiger partial charge is 0.394 e. The maximum Gasteiger partial charge on any atom is 0.220 e. The summed E-state index contributed by atoms with van der Waals surface area (Å²) in [7, 11) is 0. The Hall–Kier alpha value is -0.850. The van der Waals surface area contributed by atoms with Gasteiger partial charge in [-0.3, -0.25) is 4.79 Å². The number of hydrogen-bond donors (Lipinski definition) is 7. The molecule has 4 fully saturated rings. The van der Waals surface area contributed by atoms with Crippen molar-refractivity contribution in [3.63, 3.8) is 0 Å². The van der Waals surface area contributed by atoms with Crippen LogP contribution in [0.1, 0.15) is 251 Å². The lowest BCUT2D eigenvalue weighted by atomic mass is 9.35. The van der Waals surface area contributed by atoms with Crippen LogP contribution in [0.5, 0.6) is 0 Å². The fraction of sp³-hybridized carbons (Fsp3) is 0.981. The van der Waals surface area contributed by atoms with Gasteiger partial charge in [-0.25, -0.2) is 0 Å². The van der Waals surface area contributed by atoms with Crippen molar-refractivity contribution in [2.24, 2.45) is 10.8 Å². The van der Waals surface area contributed by atoms with Crippen molar-refractivity contribution in [3.8, 4) is 0 Å². The fourth-order valence-corrected chi connectivity index (χ4v) is 11.2. The summed E-state index contributed by atoms with van der Waals surface area (Å²) in [5.41, 5.74) is 1.58. The van der Waals surface area contributed by atoms with Gasteiger partial charge in [0.2, 0.25) is 5.91 Å². The molecule has 4 aliphatic rings. The molecular formula is C52H99NO9. The highest BCUT2D eigenvalue weighted by Crippen LogP contribution is 2.74. The van der Waals surface area contributed by atoms with Crippen molar-refractivity contribution in [3.05, 3.63) is 0 Å². The number of aliphatic hydroxyl groups is 6. The van der Waals surface area contributed by atoms with Crippen LogP contribution in [0.25, 0.3) is 0 Å². The van der Waals surface area contributed by atoms with Gasteiger partial charge in [-0.1, -0.05) is 206 Å². The van der Waals surface area contributed by atoms with Crippen LogP contribution in [0.2, 0.25) is 0 Å². The van der Waals surface area contributed by atoms with E-state index in [0.29, 0.717) is 6.42 Å². The minimum Gasteiger partial charge on any atom is -0.394 e. The van der Waals surface area contributed by atoms with Crippen molar-refractivity contribution in [2.75, 3.05) is 13.2 Å². The first-order valence-electron chi connectivity index (χ1n) is 26.6. The Bertz CT molecular complexity index is 1090. The molecule has 1 amide bonds. The minimum absolute atomic E-state index is 0.251. The van der Waals surface area contributed by atoms with Crippen LogP contribution in [-0.4, -0.2) is 98.7 Å². The molecule has 62 heavy (non-hydrogen) atoms. The third kappa shape index (κ3) is 22.1. The molecule has 10 heteroatoms. The molecule has 0 spiro atoms. The predicted molar refractivity (Wildman–Crippen MR) is 251 cm³/mol. The van der Waals surface area contributed by atoms with E-state index in [-0.39, 0.29) is 18.9 Å². The second-order valence-corrected chi connectivity index (χ2v) is 21.0. The molecule has 3 aliphatic carbocycles. The summed E-state index contributed by atoms with van der Waals surface area (Å²) in [6.07, 6.45) is 36.1. The highest BCUT2D eigenvalue weighted by Gasteiger charge is 2.63. The van der Waals surface area contributed by atoms with Crippen molar-refractivity contribution in [1.82, 2.24) is 5.32 Å². The summed E-state index contributed by atoms with van der Waals surface area (Å²) in [6, 6.07) is -0.984. The number of hydrogen-bond acceptors (Lipinski definition) is 9. The third-order valence-electron chi connectivity index (χ3n) is 14.8. The van der Waals surface area contributed by atoms with Gasteiger partial charge in [-0.05, 0) is 49.4 Å². The molecule has 0 radical (unpaired) electrons. The van der Waals surface area contributed by atoms with Crippen LogP contribution in [0.4, 0.5) is 0 Å². The molecule has 8 atom stereocenters.